The molecule has 0 saturated heterocycles. The van der Waals surface area contributed by atoms with Crippen LogP contribution < -0.4 is 9.62 Å². The van der Waals surface area contributed by atoms with Crippen LogP contribution in [0.5, 0.6) is 0 Å². The summed E-state index contributed by atoms with van der Waals surface area (Å²) in [6.45, 7) is 6.32. The molecular formula is C16H23N3O3S. The number of benzene rings is 1. The Morgan fingerprint density at radius 2 is 1.87 bits per heavy atom. The lowest BCUT2D eigenvalue weighted by Gasteiger charge is -2.19. The highest BCUT2D eigenvalue weighted by molar-refractivity contribution is 7.92. The fourth-order valence-electron chi connectivity index (χ4n) is 2.37. The van der Waals surface area contributed by atoms with Gasteiger partial charge in [0, 0.05) is 25.0 Å². The third-order valence-electron chi connectivity index (χ3n) is 3.64. The Morgan fingerprint density at radius 3 is 2.39 bits per heavy atom. The maximum absolute atomic E-state index is 12.4. The third-order valence-corrected chi connectivity index (χ3v) is 5.27. The molecule has 0 radical (unpaired) electrons. The van der Waals surface area contributed by atoms with E-state index in [1.807, 2.05) is 19.2 Å². The molecule has 0 fully saturated rings. The summed E-state index contributed by atoms with van der Waals surface area (Å²) >= 11 is 0. The highest BCUT2D eigenvalue weighted by atomic mass is 32.2. The number of unbranched alkanes of at least 4 members (excludes halogenated alkanes) is 1. The minimum atomic E-state index is -3.70. The fraction of sp³-hybridized carbons (Fsp3) is 0.438. The summed E-state index contributed by atoms with van der Waals surface area (Å²) in [6.07, 6.45) is 2.26. The SMILES string of the molecule is CCCCN(C)c1ccc(NS(=O)(=O)c2c(C)noc2C)cc1. The van der Waals surface area contributed by atoms with Crippen LogP contribution in [0.2, 0.25) is 0 Å². The van der Waals surface area contributed by atoms with Gasteiger partial charge in [0.15, 0.2) is 10.7 Å². The lowest BCUT2D eigenvalue weighted by atomic mass is 10.2. The number of sulfonamides is 1. The number of hydrogen-bond acceptors (Lipinski definition) is 5. The summed E-state index contributed by atoms with van der Waals surface area (Å²) in [7, 11) is -1.67. The number of hydrogen-bond donors (Lipinski definition) is 1. The molecule has 0 spiro atoms. The van der Waals surface area contributed by atoms with Crippen LogP contribution in [0, 0.1) is 13.8 Å². The molecule has 1 aromatic heterocycles. The van der Waals surface area contributed by atoms with Crippen molar-refractivity contribution in [2.45, 2.75) is 38.5 Å². The average molecular weight is 337 g/mol. The van der Waals surface area contributed by atoms with E-state index in [-0.39, 0.29) is 10.7 Å². The van der Waals surface area contributed by atoms with Crippen LogP contribution in [0.3, 0.4) is 0 Å². The molecule has 1 N–H and O–H groups in total. The van der Waals surface area contributed by atoms with Crippen LogP contribution >= 0.6 is 0 Å². The second-order valence-electron chi connectivity index (χ2n) is 5.58. The molecule has 0 saturated carbocycles. The minimum Gasteiger partial charge on any atom is -0.375 e. The van der Waals surface area contributed by atoms with Gasteiger partial charge >= 0.3 is 0 Å². The number of aromatic nitrogens is 1. The Morgan fingerprint density at radius 1 is 1.22 bits per heavy atom. The van der Waals surface area contributed by atoms with Gasteiger partial charge in [-0.15, -0.1) is 0 Å². The van der Waals surface area contributed by atoms with Crippen LogP contribution in [0.4, 0.5) is 11.4 Å². The molecule has 0 atom stereocenters. The van der Waals surface area contributed by atoms with Gasteiger partial charge in [-0.3, -0.25) is 4.72 Å². The molecule has 0 unspecified atom stereocenters. The Hall–Kier alpha value is -2.02. The predicted octanol–water partition coefficient (Wildman–Crippen LogP) is 3.33. The van der Waals surface area contributed by atoms with E-state index in [9.17, 15) is 8.42 Å². The van der Waals surface area contributed by atoms with Gasteiger partial charge in [0.05, 0.1) is 0 Å². The molecule has 23 heavy (non-hydrogen) atoms. The molecule has 0 aliphatic carbocycles. The molecule has 0 aliphatic rings. The molecule has 0 bridgehead atoms. The monoisotopic (exact) mass is 337 g/mol. The van der Waals surface area contributed by atoms with E-state index >= 15 is 0 Å². The lowest BCUT2D eigenvalue weighted by Crippen LogP contribution is -2.18. The highest BCUT2D eigenvalue weighted by Gasteiger charge is 2.24. The predicted molar refractivity (Wildman–Crippen MR) is 91.4 cm³/mol. The highest BCUT2D eigenvalue weighted by Crippen LogP contribution is 2.24. The van der Waals surface area contributed by atoms with E-state index < -0.39 is 10.0 Å². The zero-order chi connectivity index (χ0) is 17.0. The second-order valence-corrected chi connectivity index (χ2v) is 7.20. The number of anilines is 2. The van der Waals surface area contributed by atoms with E-state index in [2.05, 4.69) is 21.7 Å². The van der Waals surface area contributed by atoms with Crippen molar-refractivity contribution in [2.24, 2.45) is 0 Å². The first kappa shape index (κ1) is 17.3. The molecule has 2 aromatic rings. The zero-order valence-corrected chi connectivity index (χ0v) is 14.8. The first-order chi connectivity index (χ1) is 10.8. The summed E-state index contributed by atoms with van der Waals surface area (Å²) in [6, 6.07) is 7.32. The van der Waals surface area contributed by atoms with Gasteiger partial charge in [0.2, 0.25) is 0 Å². The van der Waals surface area contributed by atoms with Gasteiger partial charge < -0.3 is 9.42 Å². The second kappa shape index (κ2) is 7.04. The quantitative estimate of drug-likeness (QED) is 0.839. The maximum Gasteiger partial charge on any atom is 0.267 e. The smallest absolute Gasteiger partial charge is 0.267 e. The Bertz CT molecular complexity index is 732. The van der Waals surface area contributed by atoms with E-state index in [4.69, 9.17) is 4.52 Å². The molecule has 1 heterocycles. The van der Waals surface area contributed by atoms with Crippen molar-refractivity contribution in [1.82, 2.24) is 5.16 Å². The number of rotatable bonds is 7. The number of nitrogens with zero attached hydrogens (tertiary/aromatic N) is 2. The van der Waals surface area contributed by atoms with Crippen molar-refractivity contribution in [3.63, 3.8) is 0 Å². The summed E-state index contributed by atoms with van der Waals surface area (Å²) in [5.74, 6) is 0.283. The van der Waals surface area contributed by atoms with Crippen LogP contribution in [0.25, 0.3) is 0 Å². The third kappa shape index (κ3) is 4.04. The van der Waals surface area contributed by atoms with Crippen molar-refractivity contribution in [2.75, 3.05) is 23.2 Å². The molecule has 0 aliphatic heterocycles. The van der Waals surface area contributed by atoms with Crippen molar-refractivity contribution >= 4 is 21.4 Å². The minimum absolute atomic E-state index is 0.0987. The van der Waals surface area contributed by atoms with Crippen molar-refractivity contribution in [1.29, 1.82) is 0 Å². The van der Waals surface area contributed by atoms with E-state index in [1.54, 1.807) is 26.0 Å². The first-order valence-electron chi connectivity index (χ1n) is 7.62. The van der Waals surface area contributed by atoms with Crippen molar-refractivity contribution in [3.05, 3.63) is 35.7 Å². The van der Waals surface area contributed by atoms with Crippen LogP contribution in [-0.4, -0.2) is 27.2 Å². The first-order valence-corrected chi connectivity index (χ1v) is 9.10. The summed E-state index contributed by atoms with van der Waals surface area (Å²) < 4.78 is 32.4. The average Bonchev–Trinajstić information content (AvgIpc) is 2.85. The molecule has 126 valence electrons. The topological polar surface area (TPSA) is 75.4 Å². The molecule has 6 nitrogen and oxygen atoms in total. The molecule has 7 heteroatoms. The van der Waals surface area contributed by atoms with Crippen LogP contribution in [-0.2, 0) is 10.0 Å². The Balaban J connectivity index is 2.15. The van der Waals surface area contributed by atoms with Gasteiger partial charge in [0.1, 0.15) is 5.69 Å². The standard InChI is InChI=1S/C16H23N3O3S/c1-5-6-11-19(4)15-9-7-14(8-10-15)18-23(20,21)16-12(2)17-22-13(16)3/h7-10,18H,5-6,11H2,1-4H3. The molecule has 2 rings (SSSR count). The van der Waals surface area contributed by atoms with E-state index in [0.29, 0.717) is 11.4 Å². The Kier molecular flexibility index (Phi) is 5.30. The molecule has 1 aromatic carbocycles. The van der Waals surface area contributed by atoms with Gasteiger partial charge in [0.25, 0.3) is 10.0 Å². The van der Waals surface area contributed by atoms with Gasteiger partial charge in [-0.25, -0.2) is 8.42 Å². The fourth-order valence-corrected chi connectivity index (χ4v) is 3.76. The lowest BCUT2D eigenvalue weighted by molar-refractivity contribution is 0.390. The molecular weight excluding hydrogens is 314 g/mol. The van der Waals surface area contributed by atoms with Gasteiger partial charge in [-0.1, -0.05) is 18.5 Å². The van der Waals surface area contributed by atoms with Gasteiger partial charge in [-0.2, -0.15) is 0 Å². The van der Waals surface area contributed by atoms with E-state index in [0.717, 1.165) is 25.1 Å². The number of nitrogens with one attached hydrogen (secondary N) is 1. The largest absolute Gasteiger partial charge is 0.375 e. The number of aryl methyl sites for hydroxylation is 2. The van der Waals surface area contributed by atoms with Crippen LogP contribution in [0.1, 0.15) is 31.2 Å². The van der Waals surface area contributed by atoms with Crippen molar-refractivity contribution in [3.8, 4) is 0 Å². The summed E-state index contributed by atoms with van der Waals surface area (Å²) in [4.78, 5) is 2.25. The van der Waals surface area contributed by atoms with Crippen LogP contribution in [0.15, 0.2) is 33.7 Å². The van der Waals surface area contributed by atoms with Crippen molar-refractivity contribution < 1.29 is 12.9 Å². The zero-order valence-electron chi connectivity index (χ0n) is 14.0. The summed E-state index contributed by atoms with van der Waals surface area (Å²) in [5.41, 5.74) is 1.92. The van der Waals surface area contributed by atoms with Gasteiger partial charge in [-0.05, 0) is 44.5 Å². The maximum atomic E-state index is 12.4. The van der Waals surface area contributed by atoms with E-state index in [1.165, 1.54) is 0 Å². The Labute approximate surface area is 137 Å². The summed E-state index contributed by atoms with van der Waals surface area (Å²) in [5, 5.41) is 3.69. The normalized spacial score (nSPS) is 11.5. The molecule has 0 amide bonds.